The molecule has 2 aliphatic rings. The van der Waals surface area contributed by atoms with Gasteiger partial charge in [-0.15, -0.1) is 0 Å². The maximum atomic E-state index is 6.35. The van der Waals surface area contributed by atoms with Crippen LogP contribution in [0.15, 0.2) is 247 Å². The minimum atomic E-state index is -0.460. The summed E-state index contributed by atoms with van der Waals surface area (Å²) in [5.74, 6) is 0. The molecule has 2 heteroatoms. The highest BCUT2D eigenvalue weighted by molar-refractivity contribution is 6.06. The van der Waals surface area contributed by atoms with Crippen molar-refractivity contribution < 1.29 is 4.42 Å². The van der Waals surface area contributed by atoms with Gasteiger partial charge in [-0.2, -0.15) is 0 Å². The Bertz CT molecular complexity index is 3570. The minimum absolute atomic E-state index is 0.331. The van der Waals surface area contributed by atoms with Gasteiger partial charge in [-0.1, -0.05) is 194 Å². The van der Waals surface area contributed by atoms with Crippen LogP contribution >= 0.6 is 0 Å². The van der Waals surface area contributed by atoms with E-state index in [9.17, 15) is 0 Å². The molecule has 0 spiro atoms. The number of benzene rings is 10. The molecule has 0 radical (unpaired) electrons. The van der Waals surface area contributed by atoms with Crippen molar-refractivity contribution in [2.75, 3.05) is 4.90 Å². The second kappa shape index (κ2) is 14.4. The standard InChI is InChI=1S/C63H43NO/c1-62(43-18-5-2-6-19-43)55-28-14-11-24-50(55)51-38-36-48(41-58(51)62)64(47-37-39-60-54(40-47)52-25-13-16-31-59(52)65-60)46-34-32-42(33-35-46)49-27-17-30-57-61(49)53-26-12-15-29-56(53)63(57,44-20-7-3-8-21-44)45-22-9-4-10-23-45/h2-41H,1H3. The van der Waals surface area contributed by atoms with Gasteiger partial charge in [-0.3, -0.25) is 0 Å². The molecule has 1 atom stereocenters. The SMILES string of the molecule is CC1(c2ccccc2)c2ccccc2-c2ccc(N(c3ccc(-c4cccc5c4-c4ccccc4C5(c4ccccc4)c4ccccc4)cc3)c3ccc4oc5ccccc5c4c3)cc21. The third kappa shape index (κ3) is 5.41. The zero-order valence-corrected chi connectivity index (χ0v) is 35.9. The van der Waals surface area contributed by atoms with E-state index in [2.05, 4.69) is 248 Å². The fourth-order valence-corrected chi connectivity index (χ4v) is 11.5. The number of fused-ring (bicyclic) bond motifs is 9. The number of anilines is 3. The first-order chi connectivity index (χ1) is 32.1. The second-order valence-electron chi connectivity index (χ2n) is 17.7. The number of hydrogen-bond acceptors (Lipinski definition) is 2. The summed E-state index contributed by atoms with van der Waals surface area (Å²) in [4.78, 5) is 2.42. The fourth-order valence-electron chi connectivity index (χ4n) is 11.5. The Hall–Kier alpha value is -8.20. The topological polar surface area (TPSA) is 16.4 Å². The van der Waals surface area contributed by atoms with Gasteiger partial charge in [0.2, 0.25) is 0 Å². The Morgan fingerprint density at radius 2 is 0.862 bits per heavy atom. The van der Waals surface area contributed by atoms with Crippen molar-refractivity contribution in [2.45, 2.75) is 17.8 Å². The molecule has 0 amide bonds. The molecule has 13 rings (SSSR count). The van der Waals surface area contributed by atoms with Crippen molar-refractivity contribution in [1.29, 1.82) is 0 Å². The minimum Gasteiger partial charge on any atom is -0.456 e. The van der Waals surface area contributed by atoms with E-state index in [0.717, 1.165) is 39.0 Å². The van der Waals surface area contributed by atoms with Crippen LogP contribution in [0, 0.1) is 0 Å². The van der Waals surface area contributed by atoms with E-state index in [1.807, 2.05) is 6.07 Å². The number of hydrogen-bond donors (Lipinski definition) is 0. The summed E-state index contributed by atoms with van der Waals surface area (Å²) in [5, 5.41) is 2.21. The fraction of sp³-hybridized carbons (Fsp3) is 0.0476. The van der Waals surface area contributed by atoms with Crippen molar-refractivity contribution in [2.24, 2.45) is 0 Å². The first kappa shape index (κ1) is 37.4. The highest BCUT2D eigenvalue weighted by Gasteiger charge is 2.47. The average molecular weight is 830 g/mol. The average Bonchev–Trinajstić information content (AvgIpc) is 3.99. The van der Waals surface area contributed by atoms with Crippen LogP contribution in [0.2, 0.25) is 0 Å². The van der Waals surface area contributed by atoms with Crippen molar-refractivity contribution in [3.05, 3.63) is 282 Å². The molecule has 0 aliphatic heterocycles. The van der Waals surface area contributed by atoms with Gasteiger partial charge in [0.25, 0.3) is 0 Å². The Labute approximate surface area is 379 Å². The number of furan rings is 1. The third-order valence-electron chi connectivity index (χ3n) is 14.4. The van der Waals surface area contributed by atoms with Crippen molar-refractivity contribution in [1.82, 2.24) is 0 Å². The molecule has 10 aromatic carbocycles. The van der Waals surface area contributed by atoms with Crippen LogP contribution < -0.4 is 4.90 Å². The zero-order chi connectivity index (χ0) is 43.1. The molecule has 0 saturated carbocycles. The van der Waals surface area contributed by atoms with Crippen LogP contribution in [0.3, 0.4) is 0 Å². The summed E-state index contributed by atoms with van der Waals surface area (Å²) in [6, 6.07) is 89.1. The smallest absolute Gasteiger partial charge is 0.135 e. The Kier molecular flexibility index (Phi) is 8.29. The molecular weight excluding hydrogens is 787 g/mol. The molecule has 65 heavy (non-hydrogen) atoms. The van der Waals surface area contributed by atoms with Crippen LogP contribution in [0.5, 0.6) is 0 Å². The predicted molar refractivity (Wildman–Crippen MR) is 269 cm³/mol. The molecule has 0 bridgehead atoms. The molecular formula is C63H43NO. The van der Waals surface area contributed by atoms with E-state index in [-0.39, 0.29) is 5.41 Å². The van der Waals surface area contributed by atoms with Gasteiger partial charge in [-0.05, 0) is 128 Å². The normalized spacial score (nSPS) is 15.3. The molecule has 1 unspecified atom stereocenters. The zero-order valence-electron chi connectivity index (χ0n) is 35.9. The van der Waals surface area contributed by atoms with Gasteiger partial charge in [0.05, 0.1) is 5.41 Å². The van der Waals surface area contributed by atoms with Crippen molar-refractivity contribution >= 4 is 39.0 Å². The summed E-state index contributed by atoms with van der Waals surface area (Å²) < 4.78 is 6.35. The molecule has 306 valence electrons. The van der Waals surface area contributed by atoms with E-state index in [1.54, 1.807) is 0 Å². The Morgan fingerprint density at radius 1 is 0.338 bits per heavy atom. The van der Waals surface area contributed by atoms with E-state index >= 15 is 0 Å². The third-order valence-corrected chi connectivity index (χ3v) is 14.4. The maximum Gasteiger partial charge on any atom is 0.135 e. The van der Waals surface area contributed by atoms with Crippen LogP contribution in [0.1, 0.15) is 45.9 Å². The summed E-state index contributed by atoms with van der Waals surface area (Å²) in [6.07, 6.45) is 0. The molecule has 11 aromatic rings. The number of rotatable bonds is 7. The van der Waals surface area contributed by atoms with Crippen LogP contribution in [-0.2, 0) is 10.8 Å². The molecule has 1 aromatic heterocycles. The second-order valence-corrected chi connectivity index (χ2v) is 17.7. The van der Waals surface area contributed by atoms with Crippen LogP contribution in [-0.4, -0.2) is 0 Å². The molecule has 2 aliphatic carbocycles. The quantitative estimate of drug-likeness (QED) is 0.159. The van der Waals surface area contributed by atoms with E-state index < -0.39 is 5.41 Å². The lowest BCUT2D eigenvalue weighted by atomic mass is 9.67. The number of nitrogens with zero attached hydrogens (tertiary/aromatic N) is 1. The molecule has 1 heterocycles. The highest BCUT2D eigenvalue weighted by Crippen LogP contribution is 2.59. The Balaban J connectivity index is 0.995. The van der Waals surface area contributed by atoms with Gasteiger partial charge < -0.3 is 9.32 Å². The summed E-state index contributed by atoms with van der Waals surface area (Å²) >= 11 is 0. The lowest BCUT2D eigenvalue weighted by Crippen LogP contribution is -2.28. The molecule has 0 saturated heterocycles. The summed E-state index contributed by atoms with van der Waals surface area (Å²) in [7, 11) is 0. The van der Waals surface area contributed by atoms with Crippen molar-refractivity contribution in [3.8, 4) is 33.4 Å². The predicted octanol–water partition coefficient (Wildman–Crippen LogP) is 16.4. The summed E-state index contributed by atoms with van der Waals surface area (Å²) in [6.45, 7) is 2.39. The van der Waals surface area contributed by atoms with Crippen LogP contribution in [0.25, 0.3) is 55.3 Å². The van der Waals surface area contributed by atoms with E-state index in [4.69, 9.17) is 4.42 Å². The van der Waals surface area contributed by atoms with Gasteiger partial charge in [0.15, 0.2) is 0 Å². The number of para-hydroxylation sites is 1. The summed E-state index contributed by atoms with van der Waals surface area (Å²) in [5.41, 5.74) is 20.8. The monoisotopic (exact) mass is 829 g/mol. The molecule has 2 nitrogen and oxygen atoms in total. The molecule has 0 fully saturated rings. The highest BCUT2D eigenvalue weighted by atomic mass is 16.3. The van der Waals surface area contributed by atoms with E-state index in [0.29, 0.717) is 0 Å². The van der Waals surface area contributed by atoms with Gasteiger partial charge in [0.1, 0.15) is 11.2 Å². The van der Waals surface area contributed by atoms with Gasteiger partial charge >= 0.3 is 0 Å². The van der Waals surface area contributed by atoms with E-state index in [1.165, 1.54) is 72.3 Å². The molecule has 0 N–H and O–H groups in total. The Morgan fingerprint density at radius 3 is 1.60 bits per heavy atom. The maximum absolute atomic E-state index is 6.35. The first-order valence-electron chi connectivity index (χ1n) is 22.6. The first-order valence-corrected chi connectivity index (χ1v) is 22.6. The van der Waals surface area contributed by atoms with Crippen molar-refractivity contribution in [3.63, 3.8) is 0 Å². The van der Waals surface area contributed by atoms with Crippen LogP contribution in [0.4, 0.5) is 17.1 Å². The van der Waals surface area contributed by atoms with Gasteiger partial charge in [0, 0.05) is 33.2 Å². The van der Waals surface area contributed by atoms with Gasteiger partial charge in [-0.25, -0.2) is 0 Å². The largest absolute Gasteiger partial charge is 0.456 e. The lowest BCUT2D eigenvalue weighted by molar-refractivity contribution is 0.669. The lowest BCUT2D eigenvalue weighted by Gasteiger charge is -2.34.